The Hall–Kier alpha value is -1.59. The zero-order valence-corrected chi connectivity index (χ0v) is 10.3. The predicted molar refractivity (Wildman–Crippen MR) is 70.8 cm³/mol. The van der Waals surface area contributed by atoms with Gasteiger partial charge in [-0.3, -0.25) is 4.79 Å². The van der Waals surface area contributed by atoms with Crippen molar-refractivity contribution in [3.8, 4) is 0 Å². The van der Waals surface area contributed by atoms with E-state index in [-0.39, 0.29) is 0 Å². The normalized spacial score (nSPS) is 17.5. The summed E-state index contributed by atoms with van der Waals surface area (Å²) >= 11 is 0. The molecule has 1 aromatic rings. The lowest BCUT2D eigenvalue weighted by molar-refractivity contribution is -0.138. The summed E-state index contributed by atoms with van der Waals surface area (Å²) < 4.78 is 0. The van der Waals surface area contributed by atoms with Gasteiger partial charge in [0.15, 0.2) is 0 Å². The van der Waals surface area contributed by atoms with Gasteiger partial charge in [-0.25, -0.2) is 0 Å². The summed E-state index contributed by atoms with van der Waals surface area (Å²) in [6.07, 6.45) is 0.370. The smallest absolute Gasteiger partial charge is 0.320 e. The zero-order valence-electron chi connectivity index (χ0n) is 10.3. The van der Waals surface area contributed by atoms with Crippen molar-refractivity contribution in [2.24, 2.45) is 5.73 Å². The Morgan fingerprint density at radius 2 is 2.17 bits per heavy atom. The van der Waals surface area contributed by atoms with Crippen molar-refractivity contribution in [1.82, 2.24) is 5.32 Å². The summed E-state index contributed by atoms with van der Waals surface area (Å²) in [7, 11) is 0. The number of carboxylic acids is 1. The van der Waals surface area contributed by atoms with Crippen molar-refractivity contribution < 1.29 is 9.90 Å². The van der Waals surface area contributed by atoms with E-state index >= 15 is 0 Å². The first kappa shape index (κ1) is 12.9. The first-order valence-electron chi connectivity index (χ1n) is 6.20. The van der Waals surface area contributed by atoms with Crippen LogP contribution in [0.5, 0.6) is 0 Å². The van der Waals surface area contributed by atoms with Gasteiger partial charge in [0.05, 0.1) is 0 Å². The van der Waals surface area contributed by atoms with Gasteiger partial charge in [-0.15, -0.1) is 0 Å². The molecule has 1 heterocycles. The highest BCUT2D eigenvalue weighted by atomic mass is 16.4. The van der Waals surface area contributed by atoms with E-state index in [1.165, 1.54) is 0 Å². The second-order valence-electron chi connectivity index (χ2n) is 4.56. The number of hydrogen-bond acceptors (Lipinski definition) is 4. The summed E-state index contributed by atoms with van der Waals surface area (Å²) in [6, 6.07) is 7.15. The molecule has 98 valence electrons. The molecular weight excluding hydrogens is 230 g/mol. The van der Waals surface area contributed by atoms with Gasteiger partial charge in [0.2, 0.25) is 0 Å². The minimum atomic E-state index is -0.956. The van der Waals surface area contributed by atoms with E-state index in [9.17, 15) is 4.79 Å². The van der Waals surface area contributed by atoms with Gasteiger partial charge in [-0.1, -0.05) is 12.1 Å². The number of piperazine rings is 1. The van der Waals surface area contributed by atoms with Crippen molar-refractivity contribution in [2.75, 3.05) is 31.1 Å². The lowest BCUT2D eigenvalue weighted by atomic mass is 10.1. The number of rotatable bonds is 4. The van der Waals surface area contributed by atoms with Gasteiger partial charge in [-0.2, -0.15) is 0 Å². The fraction of sp³-hybridized carbons (Fsp3) is 0.462. The lowest BCUT2D eigenvalue weighted by Gasteiger charge is -2.29. The Morgan fingerprint density at radius 1 is 1.44 bits per heavy atom. The van der Waals surface area contributed by atoms with E-state index < -0.39 is 12.0 Å². The third-order valence-electron chi connectivity index (χ3n) is 3.17. The van der Waals surface area contributed by atoms with Crippen LogP contribution in [0.15, 0.2) is 24.3 Å². The topological polar surface area (TPSA) is 78.6 Å². The number of aliphatic carboxylic acids is 1. The minimum absolute atomic E-state index is 0.370. The Bertz CT molecular complexity index is 416. The second-order valence-corrected chi connectivity index (χ2v) is 4.56. The monoisotopic (exact) mass is 249 g/mol. The molecule has 4 N–H and O–H groups in total. The maximum absolute atomic E-state index is 10.7. The highest BCUT2D eigenvalue weighted by Gasteiger charge is 2.14. The molecule has 0 spiro atoms. The van der Waals surface area contributed by atoms with Gasteiger partial charge in [0.1, 0.15) is 6.04 Å². The highest BCUT2D eigenvalue weighted by molar-refractivity contribution is 5.73. The molecule has 1 atom stereocenters. The molecule has 0 aliphatic carbocycles. The van der Waals surface area contributed by atoms with Crippen LogP contribution in [-0.4, -0.2) is 43.3 Å². The van der Waals surface area contributed by atoms with Crippen molar-refractivity contribution >= 4 is 11.7 Å². The fourth-order valence-corrected chi connectivity index (χ4v) is 2.14. The Labute approximate surface area is 107 Å². The predicted octanol–water partition coefficient (Wildman–Crippen LogP) is 0.0506. The number of anilines is 1. The fourth-order valence-electron chi connectivity index (χ4n) is 2.14. The standard InChI is InChI=1S/C13H19N3O2/c14-12(13(17)18)9-10-2-1-3-11(8-10)16-6-4-15-5-7-16/h1-3,8,12,15H,4-7,9,14H2,(H,17,18). The van der Waals surface area contributed by atoms with Crippen LogP contribution in [0.1, 0.15) is 5.56 Å². The maximum atomic E-state index is 10.7. The molecule has 0 amide bonds. The number of carbonyl (C=O) groups is 1. The molecule has 1 unspecified atom stereocenters. The largest absolute Gasteiger partial charge is 0.480 e. The molecule has 1 aromatic carbocycles. The molecule has 1 saturated heterocycles. The average molecular weight is 249 g/mol. The first-order chi connectivity index (χ1) is 8.66. The number of nitrogens with zero attached hydrogens (tertiary/aromatic N) is 1. The van der Waals surface area contributed by atoms with Crippen molar-refractivity contribution in [2.45, 2.75) is 12.5 Å². The second kappa shape index (κ2) is 5.84. The molecule has 0 saturated carbocycles. The van der Waals surface area contributed by atoms with Crippen LogP contribution in [0.3, 0.4) is 0 Å². The van der Waals surface area contributed by atoms with Crippen LogP contribution in [0, 0.1) is 0 Å². The number of nitrogens with one attached hydrogen (secondary N) is 1. The summed E-state index contributed by atoms with van der Waals surface area (Å²) in [5.41, 5.74) is 7.67. The first-order valence-corrected chi connectivity index (χ1v) is 6.20. The SMILES string of the molecule is NC(Cc1cccc(N2CCNCC2)c1)C(=O)O. The van der Waals surface area contributed by atoms with Gasteiger partial charge in [0, 0.05) is 31.9 Å². The van der Waals surface area contributed by atoms with Crippen LogP contribution in [0.4, 0.5) is 5.69 Å². The molecule has 1 fully saturated rings. The summed E-state index contributed by atoms with van der Waals surface area (Å²) in [5, 5.41) is 12.1. The molecule has 1 aliphatic heterocycles. The van der Waals surface area contributed by atoms with E-state index in [0.29, 0.717) is 6.42 Å². The summed E-state index contributed by atoms with van der Waals surface area (Å²) in [5.74, 6) is -0.956. The third kappa shape index (κ3) is 3.21. The van der Waals surface area contributed by atoms with Crippen LogP contribution in [0.25, 0.3) is 0 Å². The zero-order chi connectivity index (χ0) is 13.0. The van der Waals surface area contributed by atoms with Crippen molar-refractivity contribution in [1.29, 1.82) is 0 Å². The van der Waals surface area contributed by atoms with Crippen LogP contribution >= 0.6 is 0 Å². The van der Waals surface area contributed by atoms with Gasteiger partial charge >= 0.3 is 5.97 Å². The van der Waals surface area contributed by atoms with Gasteiger partial charge in [-0.05, 0) is 24.1 Å². The van der Waals surface area contributed by atoms with E-state index in [0.717, 1.165) is 37.4 Å². The average Bonchev–Trinajstić information content (AvgIpc) is 2.40. The molecule has 0 radical (unpaired) electrons. The van der Waals surface area contributed by atoms with Crippen molar-refractivity contribution in [3.05, 3.63) is 29.8 Å². The van der Waals surface area contributed by atoms with Crippen LogP contribution in [0.2, 0.25) is 0 Å². The molecule has 18 heavy (non-hydrogen) atoms. The number of benzene rings is 1. The maximum Gasteiger partial charge on any atom is 0.320 e. The minimum Gasteiger partial charge on any atom is -0.480 e. The van der Waals surface area contributed by atoms with Gasteiger partial charge < -0.3 is 21.1 Å². The number of nitrogens with two attached hydrogens (primary N) is 1. The van der Waals surface area contributed by atoms with Crippen molar-refractivity contribution in [3.63, 3.8) is 0 Å². The molecule has 5 nitrogen and oxygen atoms in total. The Balaban J connectivity index is 2.06. The summed E-state index contributed by atoms with van der Waals surface area (Å²) in [6.45, 7) is 3.93. The Morgan fingerprint density at radius 3 is 2.83 bits per heavy atom. The van der Waals surface area contributed by atoms with Crippen LogP contribution in [-0.2, 0) is 11.2 Å². The summed E-state index contributed by atoms with van der Waals surface area (Å²) in [4.78, 5) is 13.0. The molecule has 5 heteroatoms. The van der Waals surface area contributed by atoms with E-state index in [4.69, 9.17) is 10.8 Å². The van der Waals surface area contributed by atoms with Gasteiger partial charge in [0.25, 0.3) is 0 Å². The highest BCUT2D eigenvalue weighted by Crippen LogP contribution is 2.17. The number of carboxylic acid groups (broad SMARTS) is 1. The quantitative estimate of drug-likeness (QED) is 0.703. The Kier molecular flexibility index (Phi) is 4.17. The molecule has 0 aromatic heterocycles. The van der Waals surface area contributed by atoms with E-state index in [1.54, 1.807) is 0 Å². The molecule has 1 aliphatic rings. The molecule has 2 rings (SSSR count). The van der Waals surface area contributed by atoms with E-state index in [2.05, 4.69) is 16.3 Å². The lowest BCUT2D eigenvalue weighted by Crippen LogP contribution is -2.43. The molecular formula is C13H19N3O2. The third-order valence-corrected chi connectivity index (χ3v) is 3.17. The molecule has 0 bridgehead atoms. The number of hydrogen-bond donors (Lipinski definition) is 3. The van der Waals surface area contributed by atoms with Crippen LogP contribution < -0.4 is 16.0 Å². The van der Waals surface area contributed by atoms with E-state index in [1.807, 2.05) is 18.2 Å².